The lowest BCUT2D eigenvalue weighted by atomic mass is 9.85. The van der Waals surface area contributed by atoms with E-state index in [1.54, 1.807) is 0 Å². The van der Waals surface area contributed by atoms with Gasteiger partial charge in [-0.05, 0) is 37.8 Å². The van der Waals surface area contributed by atoms with Crippen LogP contribution in [0.5, 0.6) is 0 Å². The van der Waals surface area contributed by atoms with Gasteiger partial charge in [-0.1, -0.05) is 6.42 Å². The van der Waals surface area contributed by atoms with E-state index < -0.39 is 0 Å². The lowest BCUT2D eigenvalue weighted by molar-refractivity contribution is 0.404. The molecule has 2 saturated carbocycles. The summed E-state index contributed by atoms with van der Waals surface area (Å²) in [6, 6.07) is 4.27. The third kappa shape index (κ3) is 2.85. The third-order valence-electron chi connectivity index (χ3n) is 5.40. The minimum Gasteiger partial charge on any atom is -0.360 e. The van der Waals surface area contributed by atoms with E-state index in [1.165, 1.54) is 43.6 Å². The van der Waals surface area contributed by atoms with Gasteiger partial charge in [0.05, 0.1) is 5.69 Å². The molecule has 3 heterocycles. The second-order valence-electron chi connectivity index (χ2n) is 7.33. The average molecular weight is 342 g/mol. The molecule has 6 nitrogen and oxygen atoms in total. The summed E-state index contributed by atoms with van der Waals surface area (Å²) < 4.78 is 4.49. The van der Waals surface area contributed by atoms with Crippen molar-refractivity contribution in [1.29, 1.82) is 0 Å². The van der Waals surface area contributed by atoms with Crippen LogP contribution in [0, 0.1) is 5.92 Å². The lowest BCUT2D eigenvalue weighted by Gasteiger charge is -2.39. The Balaban J connectivity index is 1.09. The molecule has 5 rings (SSSR count). The van der Waals surface area contributed by atoms with E-state index in [4.69, 9.17) is 0 Å². The lowest BCUT2D eigenvalue weighted by Crippen LogP contribution is -2.50. The van der Waals surface area contributed by atoms with Crippen LogP contribution in [-0.2, 0) is 0 Å². The molecule has 3 fully saturated rings. The Bertz CT molecular complexity index is 700. The maximum absolute atomic E-state index is 4.63. The second-order valence-corrected chi connectivity index (χ2v) is 8.08. The Hall–Kier alpha value is -1.76. The van der Waals surface area contributed by atoms with Gasteiger partial charge in [0.1, 0.15) is 5.82 Å². The van der Waals surface area contributed by atoms with Crippen molar-refractivity contribution in [2.45, 2.75) is 43.9 Å². The van der Waals surface area contributed by atoms with Gasteiger partial charge in [0, 0.05) is 48.9 Å². The summed E-state index contributed by atoms with van der Waals surface area (Å²) in [5.41, 5.74) is 1.16. The third-order valence-corrected chi connectivity index (χ3v) is 6.09. The minimum absolute atomic E-state index is 0.619. The summed E-state index contributed by atoms with van der Waals surface area (Å²) in [4.78, 5) is 6.93. The molecule has 2 aliphatic carbocycles. The highest BCUT2D eigenvalue weighted by atomic mass is 32.1. The predicted molar refractivity (Wildman–Crippen MR) is 94.7 cm³/mol. The monoisotopic (exact) mass is 342 g/mol. The van der Waals surface area contributed by atoms with Gasteiger partial charge in [-0.15, -0.1) is 5.10 Å². The molecule has 0 amide bonds. The van der Waals surface area contributed by atoms with Gasteiger partial charge in [0.25, 0.3) is 0 Å². The van der Waals surface area contributed by atoms with Gasteiger partial charge in [-0.2, -0.15) is 9.47 Å². The zero-order chi connectivity index (χ0) is 15.9. The van der Waals surface area contributed by atoms with E-state index in [0.29, 0.717) is 17.8 Å². The van der Waals surface area contributed by atoms with Gasteiger partial charge >= 0.3 is 0 Å². The zero-order valence-electron chi connectivity index (χ0n) is 13.7. The van der Waals surface area contributed by atoms with Crippen molar-refractivity contribution >= 4 is 22.5 Å². The SMILES string of the molecule is c1cc(N2CC(CNc3nc(C4CCC4)ns3)C2)nnc1C1CC1. The number of aromatic nitrogens is 4. The number of nitrogens with one attached hydrogen (secondary N) is 1. The van der Waals surface area contributed by atoms with Crippen molar-refractivity contribution in [2.24, 2.45) is 5.92 Å². The fraction of sp³-hybridized carbons (Fsp3) is 0.647. The smallest absolute Gasteiger partial charge is 0.202 e. The Morgan fingerprint density at radius 3 is 2.62 bits per heavy atom. The Labute approximate surface area is 145 Å². The highest BCUT2D eigenvalue weighted by Gasteiger charge is 2.30. The standard InChI is InChI=1S/C17H22N6S/c1-2-13(3-1)16-19-17(24-22-16)18-8-11-9-23(10-11)15-7-6-14(20-21-15)12-4-5-12/h6-7,11-13H,1-5,8-10H2,(H,18,19,22). The van der Waals surface area contributed by atoms with E-state index in [2.05, 4.69) is 41.9 Å². The van der Waals surface area contributed by atoms with E-state index in [0.717, 1.165) is 42.1 Å². The van der Waals surface area contributed by atoms with Gasteiger partial charge in [-0.3, -0.25) is 0 Å². The molecule has 0 aromatic carbocycles. The van der Waals surface area contributed by atoms with Crippen molar-refractivity contribution < 1.29 is 0 Å². The molecule has 126 valence electrons. The van der Waals surface area contributed by atoms with Crippen LogP contribution in [-0.4, -0.2) is 39.2 Å². The highest BCUT2D eigenvalue weighted by molar-refractivity contribution is 7.09. The minimum atomic E-state index is 0.619. The first-order valence-electron chi connectivity index (χ1n) is 9.01. The molecular weight excluding hydrogens is 320 g/mol. The van der Waals surface area contributed by atoms with E-state index in [1.807, 2.05) is 0 Å². The van der Waals surface area contributed by atoms with E-state index in [9.17, 15) is 0 Å². The molecule has 1 saturated heterocycles. The normalized spacial score (nSPS) is 21.4. The van der Waals surface area contributed by atoms with Crippen LogP contribution in [0.1, 0.15) is 55.5 Å². The van der Waals surface area contributed by atoms with Crippen LogP contribution in [0.4, 0.5) is 10.9 Å². The molecule has 0 bridgehead atoms. The maximum Gasteiger partial charge on any atom is 0.202 e. The van der Waals surface area contributed by atoms with Gasteiger partial charge < -0.3 is 10.2 Å². The average Bonchev–Trinajstić information content (AvgIpc) is 3.26. The summed E-state index contributed by atoms with van der Waals surface area (Å²) in [6.45, 7) is 3.04. The Morgan fingerprint density at radius 2 is 1.96 bits per heavy atom. The van der Waals surface area contributed by atoms with E-state index in [-0.39, 0.29) is 0 Å². The fourth-order valence-electron chi connectivity index (χ4n) is 3.36. The van der Waals surface area contributed by atoms with Crippen LogP contribution in [0.3, 0.4) is 0 Å². The van der Waals surface area contributed by atoms with Crippen molar-refractivity contribution in [3.05, 3.63) is 23.7 Å². The van der Waals surface area contributed by atoms with Crippen LogP contribution < -0.4 is 10.2 Å². The summed E-state index contributed by atoms with van der Waals surface area (Å²) in [7, 11) is 0. The molecule has 0 atom stereocenters. The molecule has 1 aliphatic heterocycles. The molecule has 0 spiro atoms. The first-order valence-corrected chi connectivity index (χ1v) is 9.78. The molecule has 24 heavy (non-hydrogen) atoms. The number of nitrogens with zero attached hydrogens (tertiary/aromatic N) is 5. The number of anilines is 2. The molecular formula is C17H22N6S. The summed E-state index contributed by atoms with van der Waals surface area (Å²) in [6.07, 6.45) is 6.40. The predicted octanol–water partition coefficient (Wildman–Crippen LogP) is 3.02. The Morgan fingerprint density at radius 1 is 1.08 bits per heavy atom. The van der Waals surface area contributed by atoms with Crippen molar-refractivity contribution in [1.82, 2.24) is 19.6 Å². The Kier molecular flexibility index (Phi) is 3.61. The zero-order valence-corrected chi connectivity index (χ0v) is 14.5. The van der Waals surface area contributed by atoms with Gasteiger partial charge in [0.2, 0.25) is 5.13 Å². The second kappa shape index (κ2) is 5.95. The number of hydrogen-bond donors (Lipinski definition) is 1. The first kappa shape index (κ1) is 14.6. The van der Waals surface area contributed by atoms with Crippen molar-refractivity contribution in [3.8, 4) is 0 Å². The fourth-order valence-corrected chi connectivity index (χ4v) is 4.01. The largest absolute Gasteiger partial charge is 0.360 e. The van der Waals surface area contributed by atoms with Crippen LogP contribution >= 0.6 is 11.5 Å². The van der Waals surface area contributed by atoms with Crippen LogP contribution in [0.25, 0.3) is 0 Å². The summed E-state index contributed by atoms with van der Waals surface area (Å²) in [5, 5.41) is 13.2. The number of rotatable bonds is 6. The van der Waals surface area contributed by atoms with Crippen LogP contribution in [0.15, 0.2) is 12.1 Å². The maximum atomic E-state index is 4.63. The topological polar surface area (TPSA) is 66.8 Å². The van der Waals surface area contributed by atoms with Crippen molar-refractivity contribution in [2.75, 3.05) is 29.9 Å². The molecule has 0 radical (unpaired) electrons. The van der Waals surface area contributed by atoms with Crippen LogP contribution in [0.2, 0.25) is 0 Å². The first-order chi connectivity index (χ1) is 11.8. The highest BCUT2D eigenvalue weighted by Crippen LogP contribution is 2.39. The molecule has 0 unspecified atom stereocenters. The number of hydrogen-bond acceptors (Lipinski definition) is 7. The quantitative estimate of drug-likeness (QED) is 0.870. The molecule has 7 heteroatoms. The molecule has 2 aromatic heterocycles. The van der Waals surface area contributed by atoms with E-state index >= 15 is 0 Å². The van der Waals surface area contributed by atoms with Crippen molar-refractivity contribution in [3.63, 3.8) is 0 Å². The molecule has 1 N–H and O–H groups in total. The van der Waals surface area contributed by atoms with Gasteiger partial charge in [-0.25, -0.2) is 4.98 Å². The summed E-state index contributed by atoms with van der Waals surface area (Å²) in [5.74, 6) is 4.00. The van der Waals surface area contributed by atoms with Gasteiger partial charge in [0.15, 0.2) is 5.82 Å². The molecule has 2 aromatic rings. The summed E-state index contributed by atoms with van der Waals surface area (Å²) >= 11 is 1.50. The molecule has 3 aliphatic rings.